The number of carbonyl (C=O) groups is 1. The van der Waals surface area contributed by atoms with Crippen LogP contribution in [0.15, 0.2) is 16.7 Å². The van der Waals surface area contributed by atoms with E-state index in [4.69, 9.17) is 9.52 Å². The van der Waals surface area contributed by atoms with Crippen LogP contribution in [0, 0.1) is 0 Å². The van der Waals surface area contributed by atoms with Crippen molar-refractivity contribution in [3.05, 3.63) is 18.0 Å². The van der Waals surface area contributed by atoms with Crippen LogP contribution in [0.25, 0.3) is 11.1 Å². The van der Waals surface area contributed by atoms with Gasteiger partial charge in [0, 0.05) is 13.1 Å². The van der Waals surface area contributed by atoms with E-state index >= 15 is 0 Å². The van der Waals surface area contributed by atoms with Crippen molar-refractivity contribution < 1.29 is 14.3 Å². The number of rotatable bonds is 1. The molecular formula is C7H6N2O3. The molecule has 2 heterocycles. The molecule has 5 heteroatoms. The molecule has 0 unspecified atom stereocenters. The van der Waals surface area contributed by atoms with Gasteiger partial charge in [0.1, 0.15) is 5.52 Å². The highest BCUT2D eigenvalue weighted by molar-refractivity contribution is 5.98. The topological polar surface area (TPSA) is 68.3 Å². The van der Waals surface area contributed by atoms with Crippen molar-refractivity contribution in [3.8, 4) is 0 Å². The molecule has 0 spiro atoms. The van der Waals surface area contributed by atoms with Gasteiger partial charge in [-0.2, -0.15) is 5.10 Å². The van der Waals surface area contributed by atoms with Crippen molar-refractivity contribution in [1.29, 1.82) is 0 Å². The molecular weight excluding hydrogens is 160 g/mol. The van der Waals surface area contributed by atoms with Crippen molar-refractivity contribution in [3.63, 3.8) is 0 Å². The highest BCUT2D eigenvalue weighted by Gasteiger charge is 2.16. The van der Waals surface area contributed by atoms with Crippen LogP contribution in [-0.4, -0.2) is 20.9 Å². The minimum absolute atomic E-state index is 0.0440. The van der Waals surface area contributed by atoms with Crippen molar-refractivity contribution >= 4 is 17.1 Å². The predicted molar refractivity (Wildman–Crippen MR) is 39.9 cm³/mol. The molecule has 0 aliphatic rings. The Morgan fingerprint density at radius 1 is 1.75 bits per heavy atom. The van der Waals surface area contributed by atoms with Crippen LogP contribution in [0.2, 0.25) is 0 Å². The molecule has 0 saturated heterocycles. The Labute approximate surface area is 67.2 Å². The maximum absolute atomic E-state index is 10.6. The lowest BCUT2D eigenvalue weighted by molar-refractivity contribution is 0.0690. The van der Waals surface area contributed by atoms with E-state index in [-0.39, 0.29) is 5.69 Å². The number of aromatic carboxylic acids is 1. The third-order valence-corrected chi connectivity index (χ3v) is 1.66. The molecule has 0 aliphatic carbocycles. The molecule has 0 saturated carbocycles. The molecule has 0 fully saturated rings. The van der Waals surface area contributed by atoms with Gasteiger partial charge in [0.25, 0.3) is 0 Å². The van der Waals surface area contributed by atoms with Gasteiger partial charge in [-0.05, 0) is 0 Å². The lowest BCUT2D eigenvalue weighted by atomic mass is 10.4. The zero-order chi connectivity index (χ0) is 8.72. The summed E-state index contributed by atoms with van der Waals surface area (Å²) in [6.07, 6.45) is 1.44. The van der Waals surface area contributed by atoms with Gasteiger partial charge in [0.2, 0.25) is 5.69 Å². The van der Waals surface area contributed by atoms with E-state index in [2.05, 4.69) is 5.10 Å². The predicted octanol–water partition coefficient (Wildman–Crippen LogP) is 0.865. The largest absolute Gasteiger partial charge is 0.476 e. The second-order valence-electron chi connectivity index (χ2n) is 2.41. The van der Waals surface area contributed by atoms with Gasteiger partial charge in [-0.1, -0.05) is 0 Å². The van der Waals surface area contributed by atoms with Crippen LogP contribution in [0.4, 0.5) is 0 Å². The number of aromatic nitrogens is 2. The summed E-state index contributed by atoms with van der Waals surface area (Å²) in [6, 6.07) is 1.68. The average molecular weight is 166 g/mol. The van der Waals surface area contributed by atoms with Crippen LogP contribution in [-0.2, 0) is 7.05 Å². The maximum atomic E-state index is 10.6. The monoisotopic (exact) mass is 166 g/mol. The molecule has 2 rings (SSSR count). The van der Waals surface area contributed by atoms with Crippen LogP contribution in [0.5, 0.6) is 0 Å². The zero-order valence-corrected chi connectivity index (χ0v) is 6.31. The first-order valence-corrected chi connectivity index (χ1v) is 3.33. The van der Waals surface area contributed by atoms with Gasteiger partial charge >= 0.3 is 5.97 Å². The van der Waals surface area contributed by atoms with E-state index < -0.39 is 5.97 Å². The fourth-order valence-electron chi connectivity index (χ4n) is 1.12. The number of carboxylic acids is 1. The number of nitrogens with zero attached hydrogens (tertiary/aromatic N) is 2. The molecule has 0 radical (unpaired) electrons. The lowest BCUT2D eigenvalue weighted by Gasteiger charge is -1.84. The second kappa shape index (κ2) is 2.10. The van der Waals surface area contributed by atoms with E-state index in [1.165, 1.54) is 10.9 Å². The SMILES string of the molecule is Cn1nc(C(=O)O)c2occc21. The normalized spacial score (nSPS) is 10.8. The Kier molecular flexibility index (Phi) is 1.21. The van der Waals surface area contributed by atoms with Gasteiger partial charge in [0.15, 0.2) is 5.58 Å². The molecule has 0 aliphatic heterocycles. The number of furan rings is 1. The fourth-order valence-corrected chi connectivity index (χ4v) is 1.12. The van der Waals surface area contributed by atoms with Crippen molar-refractivity contribution in [1.82, 2.24) is 9.78 Å². The maximum Gasteiger partial charge on any atom is 0.360 e. The summed E-state index contributed by atoms with van der Waals surface area (Å²) < 4.78 is 6.44. The minimum Gasteiger partial charge on any atom is -0.476 e. The molecule has 0 amide bonds. The van der Waals surface area contributed by atoms with E-state index in [1.54, 1.807) is 13.1 Å². The first-order chi connectivity index (χ1) is 5.70. The molecule has 62 valence electrons. The van der Waals surface area contributed by atoms with E-state index in [9.17, 15) is 4.79 Å². The Balaban J connectivity index is 2.83. The third kappa shape index (κ3) is 0.730. The molecule has 2 aromatic heterocycles. The van der Waals surface area contributed by atoms with Crippen LogP contribution < -0.4 is 0 Å². The molecule has 2 aromatic rings. The number of carboxylic acid groups (broad SMARTS) is 1. The van der Waals surface area contributed by atoms with Crippen LogP contribution >= 0.6 is 0 Å². The van der Waals surface area contributed by atoms with E-state index in [0.29, 0.717) is 11.1 Å². The van der Waals surface area contributed by atoms with Crippen molar-refractivity contribution in [2.75, 3.05) is 0 Å². The van der Waals surface area contributed by atoms with Crippen molar-refractivity contribution in [2.24, 2.45) is 7.05 Å². The number of fused-ring (bicyclic) bond motifs is 1. The Morgan fingerprint density at radius 3 is 3.17 bits per heavy atom. The Bertz CT molecular complexity index is 440. The van der Waals surface area contributed by atoms with Gasteiger partial charge in [-0.15, -0.1) is 0 Å². The quantitative estimate of drug-likeness (QED) is 0.682. The zero-order valence-electron chi connectivity index (χ0n) is 6.31. The molecule has 1 N–H and O–H groups in total. The number of aryl methyl sites for hydroxylation is 1. The molecule has 5 nitrogen and oxygen atoms in total. The first kappa shape index (κ1) is 6.90. The third-order valence-electron chi connectivity index (χ3n) is 1.66. The number of hydrogen-bond donors (Lipinski definition) is 1. The lowest BCUT2D eigenvalue weighted by Crippen LogP contribution is -1.99. The van der Waals surface area contributed by atoms with Crippen LogP contribution in [0.1, 0.15) is 10.5 Å². The smallest absolute Gasteiger partial charge is 0.360 e. The van der Waals surface area contributed by atoms with Crippen LogP contribution in [0.3, 0.4) is 0 Å². The summed E-state index contributed by atoms with van der Waals surface area (Å²) in [4.78, 5) is 10.6. The summed E-state index contributed by atoms with van der Waals surface area (Å²) in [5.41, 5.74) is 0.968. The van der Waals surface area contributed by atoms with E-state index in [0.717, 1.165) is 0 Å². The summed E-state index contributed by atoms with van der Waals surface area (Å²) in [5, 5.41) is 12.5. The average Bonchev–Trinajstić information content (AvgIpc) is 2.53. The minimum atomic E-state index is -1.07. The number of hydrogen-bond acceptors (Lipinski definition) is 3. The van der Waals surface area contributed by atoms with Gasteiger partial charge in [-0.25, -0.2) is 4.79 Å². The Morgan fingerprint density at radius 2 is 2.50 bits per heavy atom. The van der Waals surface area contributed by atoms with Gasteiger partial charge in [-0.3, -0.25) is 4.68 Å². The molecule has 0 atom stereocenters. The highest BCUT2D eigenvalue weighted by atomic mass is 16.4. The summed E-state index contributed by atoms with van der Waals surface area (Å²) in [6.45, 7) is 0. The Hall–Kier alpha value is -1.78. The molecule has 0 bridgehead atoms. The van der Waals surface area contributed by atoms with Gasteiger partial charge < -0.3 is 9.52 Å². The molecule has 0 aromatic carbocycles. The van der Waals surface area contributed by atoms with Crippen molar-refractivity contribution in [2.45, 2.75) is 0 Å². The first-order valence-electron chi connectivity index (χ1n) is 3.33. The summed E-state index contributed by atoms with van der Waals surface area (Å²) in [7, 11) is 1.67. The summed E-state index contributed by atoms with van der Waals surface area (Å²) >= 11 is 0. The summed E-state index contributed by atoms with van der Waals surface area (Å²) in [5.74, 6) is -1.07. The second-order valence-corrected chi connectivity index (χ2v) is 2.41. The van der Waals surface area contributed by atoms with E-state index in [1.807, 2.05) is 0 Å². The fraction of sp³-hybridized carbons (Fsp3) is 0.143. The highest BCUT2D eigenvalue weighted by Crippen LogP contribution is 2.18. The molecule has 12 heavy (non-hydrogen) atoms. The standard InChI is InChI=1S/C7H6N2O3/c1-9-4-2-3-12-6(4)5(8-9)7(10)11/h2-3H,1H3,(H,10,11). The van der Waals surface area contributed by atoms with Gasteiger partial charge in [0.05, 0.1) is 6.26 Å².